The monoisotopic (exact) mass is 283 g/mol. The van der Waals surface area contributed by atoms with Crippen molar-refractivity contribution in [1.29, 1.82) is 0 Å². The molecule has 0 radical (unpaired) electrons. The van der Waals surface area contributed by atoms with Crippen LogP contribution in [0.25, 0.3) is 6.08 Å². The predicted molar refractivity (Wildman–Crippen MR) is 75.0 cm³/mol. The van der Waals surface area contributed by atoms with Crippen molar-refractivity contribution >= 4 is 21.9 Å². The Bertz CT molecular complexity index is 595. The Kier molecular flexibility index (Phi) is 3.82. The van der Waals surface area contributed by atoms with Crippen LogP contribution in [0.15, 0.2) is 24.3 Å². The van der Waals surface area contributed by atoms with Crippen molar-refractivity contribution in [2.45, 2.75) is 19.4 Å². The van der Waals surface area contributed by atoms with Gasteiger partial charge >= 0.3 is 0 Å². The molecular weight excluding hydrogens is 266 g/mol. The van der Waals surface area contributed by atoms with Crippen LogP contribution in [0.3, 0.4) is 0 Å². The lowest BCUT2D eigenvalue weighted by Crippen LogP contribution is -2.35. The zero-order valence-corrected chi connectivity index (χ0v) is 11.5. The number of fused-ring (bicyclic) bond motifs is 1. The second-order valence-electron chi connectivity index (χ2n) is 4.65. The standard InChI is InChI=1S/C13H17NO4S/c1-10-6-7-11-4-2-5-12(15)13(11)14(10)8-3-9-19(16,17)18/h2,4-7,10,15H,3,8-9H2,1H3,(H,16,17,18). The van der Waals surface area contributed by atoms with Crippen LogP contribution in [0.5, 0.6) is 5.75 Å². The molecule has 1 aromatic carbocycles. The van der Waals surface area contributed by atoms with E-state index in [4.69, 9.17) is 4.55 Å². The SMILES string of the molecule is CC1C=Cc2cccc(O)c2N1CCCS(=O)(=O)O. The normalized spacial score (nSPS) is 18.4. The lowest BCUT2D eigenvalue weighted by atomic mass is 10.0. The van der Waals surface area contributed by atoms with Gasteiger partial charge in [-0.3, -0.25) is 4.55 Å². The minimum Gasteiger partial charge on any atom is -0.506 e. The van der Waals surface area contributed by atoms with E-state index >= 15 is 0 Å². The number of benzene rings is 1. The Morgan fingerprint density at radius 1 is 1.37 bits per heavy atom. The molecule has 2 N–H and O–H groups in total. The summed E-state index contributed by atoms with van der Waals surface area (Å²) in [6.45, 7) is 2.43. The van der Waals surface area contributed by atoms with Gasteiger partial charge in [0, 0.05) is 18.2 Å². The van der Waals surface area contributed by atoms with Crippen LogP contribution in [0.1, 0.15) is 18.9 Å². The van der Waals surface area contributed by atoms with E-state index in [0.29, 0.717) is 18.7 Å². The summed E-state index contributed by atoms with van der Waals surface area (Å²) in [5.41, 5.74) is 1.62. The largest absolute Gasteiger partial charge is 0.506 e. The Balaban J connectivity index is 2.19. The van der Waals surface area contributed by atoms with Crippen molar-refractivity contribution in [3.8, 4) is 5.75 Å². The molecule has 6 heteroatoms. The average Bonchev–Trinajstić information content (AvgIpc) is 2.31. The highest BCUT2D eigenvalue weighted by molar-refractivity contribution is 7.85. The number of para-hydroxylation sites is 1. The van der Waals surface area contributed by atoms with E-state index in [9.17, 15) is 13.5 Å². The Morgan fingerprint density at radius 2 is 2.11 bits per heavy atom. The fourth-order valence-electron chi connectivity index (χ4n) is 2.28. The second-order valence-corrected chi connectivity index (χ2v) is 6.22. The summed E-state index contributed by atoms with van der Waals surface area (Å²) >= 11 is 0. The van der Waals surface area contributed by atoms with Gasteiger partial charge in [0.25, 0.3) is 10.1 Å². The molecule has 1 unspecified atom stereocenters. The molecule has 1 aromatic rings. The quantitative estimate of drug-likeness (QED) is 0.825. The van der Waals surface area contributed by atoms with Crippen LogP contribution in [-0.4, -0.2) is 36.4 Å². The smallest absolute Gasteiger partial charge is 0.264 e. The lowest BCUT2D eigenvalue weighted by molar-refractivity contribution is 0.471. The molecule has 0 spiro atoms. The summed E-state index contributed by atoms with van der Waals surface area (Å²) in [6.07, 6.45) is 4.25. The predicted octanol–water partition coefficient (Wildman–Crippen LogP) is 1.89. The lowest BCUT2D eigenvalue weighted by Gasteiger charge is -2.34. The highest BCUT2D eigenvalue weighted by Gasteiger charge is 2.22. The first kappa shape index (κ1) is 13.9. The van der Waals surface area contributed by atoms with Crippen molar-refractivity contribution in [1.82, 2.24) is 0 Å². The van der Waals surface area contributed by atoms with E-state index < -0.39 is 10.1 Å². The Hall–Kier alpha value is -1.53. The number of aromatic hydroxyl groups is 1. The van der Waals surface area contributed by atoms with E-state index in [0.717, 1.165) is 5.56 Å². The third kappa shape index (κ3) is 3.27. The number of nitrogens with zero attached hydrogens (tertiary/aromatic N) is 1. The fraction of sp³-hybridized carbons (Fsp3) is 0.385. The van der Waals surface area contributed by atoms with Crippen molar-refractivity contribution in [2.24, 2.45) is 0 Å². The molecule has 5 nitrogen and oxygen atoms in total. The molecule has 0 aromatic heterocycles. The average molecular weight is 283 g/mol. The Labute approximate surface area is 112 Å². The van der Waals surface area contributed by atoms with Gasteiger partial charge in [-0.1, -0.05) is 24.3 Å². The van der Waals surface area contributed by atoms with Crippen LogP contribution in [0, 0.1) is 0 Å². The summed E-state index contributed by atoms with van der Waals surface area (Å²) in [4.78, 5) is 1.94. The van der Waals surface area contributed by atoms with Crippen LogP contribution in [0.2, 0.25) is 0 Å². The van der Waals surface area contributed by atoms with Gasteiger partial charge in [-0.15, -0.1) is 0 Å². The van der Waals surface area contributed by atoms with Crippen molar-refractivity contribution < 1.29 is 18.1 Å². The zero-order chi connectivity index (χ0) is 14.0. The van der Waals surface area contributed by atoms with E-state index in [1.165, 1.54) is 0 Å². The van der Waals surface area contributed by atoms with Gasteiger partial charge in [-0.25, -0.2) is 0 Å². The molecule has 0 aliphatic carbocycles. The zero-order valence-electron chi connectivity index (χ0n) is 10.7. The number of phenolic OH excluding ortho intramolecular Hbond substituents is 1. The van der Waals surface area contributed by atoms with Gasteiger partial charge in [0.15, 0.2) is 0 Å². The number of hydrogen-bond acceptors (Lipinski definition) is 4. The molecule has 1 aliphatic heterocycles. The highest BCUT2D eigenvalue weighted by atomic mass is 32.2. The maximum Gasteiger partial charge on any atom is 0.264 e. The van der Waals surface area contributed by atoms with Gasteiger partial charge in [0.1, 0.15) is 5.75 Å². The fourth-order valence-corrected chi connectivity index (χ4v) is 2.77. The second kappa shape index (κ2) is 5.22. The number of hydrogen-bond donors (Lipinski definition) is 2. The molecule has 1 heterocycles. The van der Waals surface area contributed by atoms with Gasteiger partial charge in [-0.2, -0.15) is 8.42 Å². The van der Waals surface area contributed by atoms with Crippen molar-refractivity contribution in [2.75, 3.05) is 17.2 Å². The summed E-state index contributed by atoms with van der Waals surface area (Å²) in [7, 11) is -3.94. The van der Waals surface area contributed by atoms with Crippen molar-refractivity contribution in [3.05, 3.63) is 29.8 Å². The van der Waals surface area contributed by atoms with E-state index in [2.05, 4.69) is 0 Å². The third-order valence-electron chi connectivity index (χ3n) is 3.18. The Morgan fingerprint density at radius 3 is 2.79 bits per heavy atom. The first-order valence-corrected chi connectivity index (χ1v) is 7.71. The summed E-state index contributed by atoms with van der Waals surface area (Å²) in [6, 6.07) is 5.35. The van der Waals surface area contributed by atoms with E-state index in [1.807, 2.05) is 30.0 Å². The van der Waals surface area contributed by atoms with Crippen LogP contribution in [-0.2, 0) is 10.1 Å². The van der Waals surface area contributed by atoms with Gasteiger partial charge in [0.2, 0.25) is 0 Å². The molecule has 0 saturated carbocycles. The van der Waals surface area contributed by atoms with Gasteiger partial charge in [-0.05, 0) is 19.4 Å². The summed E-state index contributed by atoms with van der Waals surface area (Å²) in [5.74, 6) is -0.0939. The first-order chi connectivity index (χ1) is 8.88. The van der Waals surface area contributed by atoms with E-state index in [1.54, 1.807) is 12.1 Å². The molecule has 104 valence electrons. The van der Waals surface area contributed by atoms with Crippen molar-refractivity contribution in [3.63, 3.8) is 0 Å². The number of phenols is 1. The molecule has 0 saturated heterocycles. The molecule has 0 bridgehead atoms. The first-order valence-electron chi connectivity index (χ1n) is 6.10. The summed E-state index contributed by atoms with van der Waals surface area (Å²) in [5, 5.41) is 9.96. The van der Waals surface area contributed by atoms with Crippen LogP contribution >= 0.6 is 0 Å². The number of anilines is 1. The minimum absolute atomic E-state index is 0.0715. The molecular formula is C13H17NO4S. The van der Waals surface area contributed by atoms with Gasteiger partial charge < -0.3 is 10.0 Å². The van der Waals surface area contributed by atoms with Crippen LogP contribution < -0.4 is 4.90 Å². The topological polar surface area (TPSA) is 77.8 Å². The minimum atomic E-state index is -3.94. The molecule has 1 atom stereocenters. The maximum atomic E-state index is 10.7. The maximum absolute atomic E-state index is 10.7. The molecule has 19 heavy (non-hydrogen) atoms. The third-order valence-corrected chi connectivity index (χ3v) is 3.98. The van der Waals surface area contributed by atoms with Crippen LogP contribution in [0.4, 0.5) is 5.69 Å². The van der Waals surface area contributed by atoms with Gasteiger partial charge in [0.05, 0.1) is 11.4 Å². The molecule has 0 amide bonds. The molecule has 0 fully saturated rings. The highest BCUT2D eigenvalue weighted by Crippen LogP contribution is 2.36. The molecule has 1 aliphatic rings. The van der Waals surface area contributed by atoms with E-state index in [-0.39, 0.29) is 17.5 Å². The number of rotatable bonds is 4. The molecule has 2 rings (SSSR count). The summed E-state index contributed by atoms with van der Waals surface area (Å²) < 4.78 is 30.2.